The molecule has 6 heterocycles. The van der Waals surface area contributed by atoms with Gasteiger partial charge in [-0.15, -0.1) is 0 Å². The van der Waals surface area contributed by atoms with E-state index in [4.69, 9.17) is 52.1 Å². The number of aliphatic hydroxyl groups excluding tert-OH is 16. The summed E-state index contributed by atoms with van der Waals surface area (Å²) in [5, 5.41) is 177. The number of nitrogens with one attached hydrogen (secondary N) is 2. The zero-order chi connectivity index (χ0) is 52.5. The molecular formula is C40H68N2O29. The first-order chi connectivity index (χ1) is 33.4. The van der Waals surface area contributed by atoms with Gasteiger partial charge in [0.2, 0.25) is 11.8 Å². The number of hydrogen-bond acceptors (Lipinski definition) is 29. The Labute approximate surface area is 403 Å². The highest BCUT2D eigenvalue weighted by Gasteiger charge is 2.58. The van der Waals surface area contributed by atoms with Gasteiger partial charge in [0.25, 0.3) is 0 Å². The van der Waals surface area contributed by atoms with Gasteiger partial charge in [0.15, 0.2) is 37.7 Å². The van der Waals surface area contributed by atoms with Crippen molar-refractivity contribution < 1.29 is 143 Å². The summed E-state index contributed by atoms with van der Waals surface area (Å²) >= 11 is 0. The second kappa shape index (κ2) is 24.7. The summed E-state index contributed by atoms with van der Waals surface area (Å²) in [4.78, 5) is 25.1. The van der Waals surface area contributed by atoms with Crippen LogP contribution >= 0.6 is 0 Å². The summed E-state index contributed by atoms with van der Waals surface area (Å²) < 4.78 is 63.9. The van der Waals surface area contributed by atoms with E-state index in [0.717, 1.165) is 13.8 Å². The molecule has 6 fully saturated rings. The summed E-state index contributed by atoms with van der Waals surface area (Å²) in [6.07, 6.45) is -51.0. The van der Waals surface area contributed by atoms with E-state index in [1.165, 1.54) is 13.8 Å². The van der Waals surface area contributed by atoms with E-state index in [0.29, 0.717) is 0 Å². The van der Waals surface area contributed by atoms with E-state index < -0.39 is 222 Å². The van der Waals surface area contributed by atoms with Crippen LogP contribution in [0, 0.1) is 0 Å². The molecule has 6 aliphatic rings. The smallest absolute Gasteiger partial charge is 0.217 e. The molecular weight excluding hydrogens is 972 g/mol. The van der Waals surface area contributed by atoms with Crippen molar-refractivity contribution in [3.8, 4) is 0 Å². The lowest BCUT2D eigenvalue weighted by Crippen LogP contribution is -2.70. The molecule has 6 rings (SSSR count). The maximum atomic E-state index is 12.6. The van der Waals surface area contributed by atoms with Gasteiger partial charge in [0, 0.05) is 13.8 Å². The summed E-state index contributed by atoms with van der Waals surface area (Å²) in [5.41, 5.74) is 0. The monoisotopic (exact) mass is 1040 g/mol. The number of ether oxygens (including phenoxy) is 11. The fraction of sp³-hybridized carbons (Fsp3) is 0.950. The second-order valence-corrected chi connectivity index (χ2v) is 18.2. The third-order valence-corrected chi connectivity index (χ3v) is 13.1. The van der Waals surface area contributed by atoms with Crippen LogP contribution in [0.4, 0.5) is 0 Å². The van der Waals surface area contributed by atoms with Crippen molar-refractivity contribution >= 4 is 11.8 Å². The van der Waals surface area contributed by atoms with E-state index in [1.54, 1.807) is 0 Å². The van der Waals surface area contributed by atoms with Crippen molar-refractivity contribution in [1.82, 2.24) is 10.6 Å². The summed E-state index contributed by atoms with van der Waals surface area (Å²) in [5.74, 6) is -1.58. The minimum Gasteiger partial charge on any atom is -0.394 e. The maximum absolute atomic E-state index is 12.6. The first kappa shape index (κ1) is 58.1. The largest absolute Gasteiger partial charge is 0.394 e. The molecule has 0 spiro atoms. The van der Waals surface area contributed by atoms with Crippen LogP contribution in [0.25, 0.3) is 0 Å². The molecule has 0 radical (unpaired) electrons. The fourth-order valence-corrected chi connectivity index (χ4v) is 9.07. The third kappa shape index (κ3) is 12.6. The normalized spacial score (nSPS) is 50.8. The van der Waals surface area contributed by atoms with Crippen LogP contribution in [-0.4, -0.2) is 304 Å². The summed E-state index contributed by atoms with van der Waals surface area (Å²) in [6, 6.07) is -3.30. The Morgan fingerprint density at radius 2 is 0.761 bits per heavy atom. The number of rotatable bonds is 16. The van der Waals surface area contributed by atoms with Gasteiger partial charge in [-0.05, 0) is 13.8 Å². The van der Waals surface area contributed by atoms with Gasteiger partial charge in [-0.1, -0.05) is 0 Å². The average molecular weight is 1040 g/mol. The Bertz CT molecular complexity index is 1710. The summed E-state index contributed by atoms with van der Waals surface area (Å²) in [6.45, 7) is 1.05. The van der Waals surface area contributed by atoms with Crippen LogP contribution in [0.2, 0.25) is 0 Å². The predicted molar refractivity (Wildman–Crippen MR) is 220 cm³/mol. The van der Waals surface area contributed by atoms with E-state index in [1.807, 2.05) is 0 Å². The first-order valence-corrected chi connectivity index (χ1v) is 22.8. The molecule has 0 aromatic rings. The Morgan fingerprint density at radius 3 is 1.27 bits per heavy atom. The zero-order valence-corrected chi connectivity index (χ0v) is 38.6. The number of hydrogen-bond donors (Lipinski definition) is 18. The van der Waals surface area contributed by atoms with E-state index in [9.17, 15) is 91.3 Å². The molecule has 0 aromatic heterocycles. The molecule has 71 heavy (non-hydrogen) atoms. The molecule has 0 bridgehead atoms. The highest BCUT2D eigenvalue weighted by atomic mass is 16.8. The molecule has 0 aliphatic carbocycles. The SMILES string of the molecule is CC(=O)N[C@H]1[C@H](OC[C@H]2OC(O)[C@H](NC(C)=O)[C@@H](O[C@@H]3O[C@H](CO)[C@H](O)[C@H](O[C@@H]4O[C@H](CO)[C@H](O)[C@H](O)[C@H]4O)[C@H]3O[C@@H]3O[C@@H](C)[C@@H](O)[C@@H](O)[C@@H]3O)[C@H]2O)O[C@H](CO)[C@@H](O)[C@@H]1O[C@@H]1O[C@@H](C)[C@@H](O)[C@@H](O)[C@@H]1O. The molecule has 31 heteroatoms. The number of aliphatic hydroxyl groups is 16. The van der Waals surface area contributed by atoms with Gasteiger partial charge < -0.3 is 144 Å². The van der Waals surface area contributed by atoms with Crippen LogP contribution in [0.3, 0.4) is 0 Å². The molecule has 0 saturated carbocycles. The highest BCUT2D eigenvalue weighted by Crippen LogP contribution is 2.37. The second-order valence-electron chi connectivity index (χ2n) is 18.2. The van der Waals surface area contributed by atoms with Crippen molar-refractivity contribution in [2.45, 2.75) is 212 Å². The van der Waals surface area contributed by atoms with Gasteiger partial charge in [-0.2, -0.15) is 0 Å². The molecule has 0 aromatic carbocycles. The standard InChI is InChI=1S/C40H68N2O29/c1-9-19(48)25(54)28(57)37(62-9)68-32-18(42-12(4)47)36(65-14(6-44)22(32)51)61-8-16-24(53)31(17(35(60)64-16)41-11(3)46)69-40-34(71-38-29(58)26(55)20(49)10(2)63-38)33(23(52)15(7-45)67-40)70-39-30(59)27(56)21(50)13(5-43)66-39/h9-10,13-40,43-45,48-60H,5-8H2,1-4H3,(H,41,46)(H,42,47)/t9-,10-,13+,14+,15+,16+,17+,18+,19+,20+,21-,22+,23-,24-,25+,26+,27-,28-,29-,30+,31+,32+,33-,34+,35?,36+,37-,38-,39-,40-/m0/s1. The molecule has 31 nitrogen and oxygen atoms in total. The topological polar surface area (TPSA) is 483 Å². The van der Waals surface area contributed by atoms with E-state index >= 15 is 0 Å². The fourth-order valence-electron chi connectivity index (χ4n) is 9.07. The first-order valence-electron chi connectivity index (χ1n) is 22.8. The van der Waals surface area contributed by atoms with Gasteiger partial charge in [-0.25, -0.2) is 0 Å². The minimum atomic E-state index is -2.11. The average Bonchev–Trinajstić information content (AvgIpc) is 3.32. The molecule has 2 amide bonds. The van der Waals surface area contributed by atoms with Crippen molar-refractivity contribution in [2.24, 2.45) is 0 Å². The third-order valence-electron chi connectivity index (χ3n) is 13.1. The maximum Gasteiger partial charge on any atom is 0.217 e. The number of carbonyl (C=O) groups is 2. The van der Waals surface area contributed by atoms with Crippen LogP contribution in [-0.2, 0) is 61.7 Å². The predicted octanol–water partition coefficient (Wildman–Crippen LogP) is -11.8. The zero-order valence-electron chi connectivity index (χ0n) is 38.6. The van der Waals surface area contributed by atoms with Gasteiger partial charge in [-0.3, -0.25) is 9.59 Å². The van der Waals surface area contributed by atoms with E-state index in [-0.39, 0.29) is 0 Å². The quantitative estimate of drug-likeness (QED) is 0.0682. The van der Waals surface area contributed by atoms with Crippen molar-refractivity contribution in [2.75, 3.05) is 26.4 Å². The lowest BCUT2D eigenvalue weighted by atomic mass is 9.94. The lowest BCUT2D eigenvalue weighted by molar-refractivity contribution is -0.401. The Morgan fingerprint density at radius 1 is 0.394 bits per heavy atom. The van der Waals surface area contributed by atoms with Crippen LogP contribution in [0.5, 0.6) is 0 Å². The van der Waals surface area contributed by atoms with Crippen molar-refractivity contribution in [3.63, 3.8) is 0 Å². The van der Waals surface area contributed by atoms with Gasteiger partial charge in [0.05, 0.1) is 38.6 Å². The number of amides is 2. The van der Waals surface area contributed by atoms with Crippen molar-refractivity contribution in [3.05, 3.63) is 0 Å². The molecule has 30 atom stereocenters. The Balaban J connectivity index is 1.31. The highest BCUT2D eigenvalue weighted by molar-refractivity contribution is 5.73. The minimum absolute atomic E-state index is 0.754. The van der Waals surface area contributed by atoms with E-state index in [2.05, 4.69) is 10.6 Å². The summed E-state index contributed by atoms with van der Waals surface area (Å²) in [7, 11) is 0. The van der Waals surface area contributed by atoms with Crippen molar-refractivity contribution in [1.29, 1.82) is 0 Å². The Kier molecular flexibility index (Phi) is 20.2. The lowest BCUT2D eigenvalue weighted by Gasteiger charge is -2.51. The van der Waals surface area contributed by atoms with Crippen LogP contribution in [0.15, 0.2) is 0 Å². The Hall–Kier alpha value is -2.14. The number of carbonyl (C=O) groups excluding carboxylic acids is 2. The molecule has 6 saturated heterocycles. The van der Waals surface area contributed by atoms with Gasteiger partial charge >= 0.3 is 0 Å². The molecule has 18 N–H and O–H groups in total. The van der Waals surface area contributed by atoms with Gasteiger partial charge in [0.1, 0.15) is 134 Å². The molecule has 6 aliphatic heterocycles. The van der Waals surface area contributed by atoms with Crippen LogP contribution in [0.1, 0.15) is 27.7 Å². The van der Waals surface area contributed by atoms with Crippen LogP contribution < -0.4 is 10.6 Å². The molecule has 412 valence electrons. The molecule has 1 unspecified atom stereocenters.